The van der Waals surface area contributed by atoms with E-state index in [0.717, 1.165) is 12.8 Å². The van der Waals surface area contributed by atoms with Crippen molar-refractivity contribution in [1.82, 2.24) is 20.0 Å². The average molecular weight is 482 g/mol. The van der Waals surface area contributed by atoms with E-state index >= 15 is 0 Å². The van der Waals surface area contributed by atoms with Gasteiger partial charge in [0.1, 0.15) is 5.66 Å². The van der Waals surface area contributed by atoms with E-state index in [0.29, 0.717) is 50.3 Å². The normalized spacial score (nSPS) is 24.9. The molecular formula is C26H35N5O4. The highest BCUT2D eigenvalue weighted by atomic mass is 16.2. The minimum atomic E-state index is -0.751. The highest BCUT2D eigenvalue weighted by Gasteiger charge is 2.52. The lowest BCUT2D eigenvalue weighted by molar-refractivity contribution is -0.133. The lowest BCUT2D eigenvalue weighted by Crippen LogP contribution is -2.62. The van der Waals surface area contributed by atoms with Crippen LogP contribution in [0.15, 0.2) is 24.3 Å². The summed E-state index contributed by atoms with van der Waals surface area (Å²) in [5.74, 6) is -0.152. The number of para-hydroxylation sites is 1. The average Bonchev–Trinajstić information content (AvgIpc) is 3.19. The molecule has 1 N–H and O–H groups in total. The zero-order valence-corrected chi connectivity index (χ0v) is 20.5. The summed E-state index contributed by atoms with van der Waals surface area (Å²) in [6.45, 7) is 4.19. The molecule has 0 radical (unpaired) electrons. The van der Waals surface area contributed by atoms with Gasteiger partial charge in [0.25, 0.3) is 5.91 Å². The van der Waals surface area contributed by atoms with E-state index in [9.17, 15) is 19.2 Å². The number of amides is 5. The van der Waals surface area contributed by atoms with E-state index in [1.807, 2.05) is 19.1 Å². The fourth-order valence-corrected chi connectivity index (χ4v) is 6.08. The predicted octanol–water partition coefficient (Wildman–Crippen LogP) is 2.56. The molecule has 3 heterocycles. The molecule has 9 nitrogen and oxygen atoms in total. The maximum Gasteiger partial charge on any atom is 0.317 e. The molecule has 1 aromatic rings. The first-order chi connectivity index (χ1) is 16.9. The van der Waals surface area contributed by atoms with Gasteiger partial charge in [-0.3, -0.25) is 19.3 Å². The number of nitrogens with one attached hydrogen (secondary N) is 1. The molecule has 0 bridgehead atoms. The molecule has 0 aromatic heterocycles. The summed E-state index contributed by atoms with van der Waals surface area (Å²) in [5, 5.41) is 3.15. The fraction of sp³-hybridized carbons (Fsp3) is 0.615. The zero-order chi connectivity index (χ0) is 24.6. The summed E-state index contributed by atoms with van der Waals surface area (Å²) >= 11 is 0. The van der Waals surface area contributed by atoms with Crippen molar-refractivity contribution in [1.29, 1.82) is 0 Å². The first-order valence-corrected chi connectivity index (χ1v) is 13.0. The van der Waals surface area contributed by atoms with Gasteiger partial charge in [0.05, 0.1) is 11.3 Å². The zero-order valence-electron chi connectivity index (χ0n) is 20.5. The molecule has 9 heteroatoms. The second-order valence-electron chi connectivity index (χ2n) is 10.3. The molecule has 3 aliphatic heterocycles. The summed E-state index contributed by atoms with van der Waals surface area (Å²) in [7, 11) is 0. The number of hydrogen-bond donors (Lipinski definition) is 1. The lowest BCUT2D eigenvalue weighted by Gasteiger charge is -2.48. The Hall–Kier alpha value is -3.10. The van der Waals surface area contributed by atoms with Crippen molar-refractivity contribution in [3.05, 3.63) is 29.8 Å². The minimum Gasteiger partial charge on any atom is -0.339 e. The van der Waals surface area contributed by atoms with E-state index in [4.69, 9.17) is 0 Å². The predicted molar refractivity (Wildman–Crippen MR) is 131 cm³/mol. The van der Waals surface area contributed by atoms with Gasteiger partial charge in [-0.25, -0.2) is 4.79 Å². The molecule has 2 saturated heterocycles. The number of nitrogens with zero attached hydrogens (tertiary/aromatic N) is 4. The van der Waals surface area contributed by atoms with Crippen LogP contribution in [0, 0.1) is 0 Å². The lowest BCUT2D eigenvalue weighted by atomic mass is 9.96. The van der Waals surface area contributed by atoms with Crippen molar-refractivity contribution in [2.24, 2.45) is 0 Å². The Kier molecular flexibility index (Phi) is 6.42. The molecule has 35 heavy (non-hydrogen) atoms. The number of urea groups is 1. The quantitative estimate of drug-likeness (QED) is 0.715. The smallest absolute Gasteiger partial charge is 0.317 e. The van der Waals surface area contributed by atoms with Gasteiger partial charge in [-0.1, -0.05) is 31.4 Å². The van der Waals surface area contributed by atoms with Gasteiger partial charge < -0.3 is 20.0 Å². The Balaban J connectivity index is 1.17. The van der Waals surface area contributed by atoms with E-state index in [2.05, 4.69) is 5.32 Å². The molecule has 1 aromatic carbocycles. The van der Waals surface area contributed by atoms with Crippen LogP contribution in [0.3, 0.4) is 0 Å². The number of hydrogen-bond acceptors (Lipinski definition) is 4. The second kappa shape index (κ2) is 9.51. The van der Waals surface area contributed by atoms with Gasteiger partial charge in [-0.2, -0.15) is 0 Å². The first-order valence-electron chi connectivity index (χ1n) is 13.0. The largest absolute Gasteiger partial charge is 0.339 e. The molecule has 188 valence electrons. The highest BCUT2D eigenvalue weighted by molar-refractivity contribution is 6.10. The van der Waals surface area contributed by atoms with Crippen LogP contribution in [-0.2, 0) is 9.59 Å². The topological polar surface area (TPSA) is 93.3 Å². The SMILES string of the molecule is CC12CCC(=O)N1c1ccccc1C(=O)N2CCC(=O)N1CCN(C(=O)NC2CCCCC2)CC1. The number of benzene rings is 1. The van der Waals surface area contributed by atoms with Crippen molar-refractivity contribution < 1.29 is 19.2 Å². The molecule has 1 aliphatic carbocycles. The summed E-state index contributed by atoms with van der Waals surface area (Å²) in [4.78, 5) is 58.7. The van der Waals surface area contributed by atoms with Crippen molar-refractivity contribution in [2.45, 2.75) is 70.0 Å². The number of rotatable bonds is 4. The van der Waals surface area contributed by atoms with Crippen LogP contribution in [0.4, 0.5) is 10.5 Å². The third-order valence-electron chi connectivity index (χ3n) is 8.15. The molecule has 3 fully saturated rings. The maximum atomic E-state index is 13.4. The highest BCUT2D eigenvalue weighted by Crippen LogP contribution is 2.44. The number of fused-ring (bicyclic) bond motifs is 3. The van der Waals surface area contributed by atoms with Crippen molar-refractivity contribution in [2.75, 3.05) is 37.6 Å². The summed E-state index contributed by atoms with van der Waals surface area (Å²) in [6.07, 6.45) is 6.81. The van der Waals surface area contributed by atoms with Crippen LogP contribution in [-0.4, -0.2) is 82.9 Å². The summed E-state index contributed by atoms with van der Waals surface area (Å²) in [5.41, 5.74) is 0.414. The van der Waals surface area contributed by atoms with E-state index in [1.165, 1.54) is 19.3 Å². The van der Waals surface area contributed by atoms with E-state index in [1.54, 1.807) is 31.7 Å². The van der Waals surface area contributed by atoms with Gasteiger partial charge in [-0.05, 0) is 38.3 Å². The van der Waals surface area contributed by atoms with Crippen LogP contribution < -0.4 is 10.2 Å². The van der Waals surface area contributed by atoms with Crippen LogP contribution in [0.25, 0.3) is 0 Å². The van der Waals surface area contributed by atoms with Crippen LogP contribution in [0.2, 0.25) is 0 Å². The Morgan fingerprint density at radius 2 is 1.69 bits per heavy atom. The Bertz CT molecular complexity index is 1010. The molecule has 5 amide bonds. The Morgan fingerprint density at radius 1 is 1.00 bits per heavy atom. The van der Waals surface area contributed by atoms with Gasteiger partial charge in [0.15, 0.2) is 0 Å². The van der Waals surface area contributed by atoms with Crippen molar-refractivity contribution >= 4 is 29.4 Å². The van der Waals surface area contributed by atoms with Gasteiger partial charge in [0.2, 0.25) is 11.8 Å². The van der Waals surface area contributed by atoms with E-state index < -0.39 is 5.66 Å². The molecular weight excluding hydrogens is 446 g/mol. The van der Waals surface area contributed by atoms with Gasteiger partial charge >= 0.3 is 6.03 Å². The van der Waals surface area contributed by atoms with Crippen LogP contribution in [0.5, 0.6) is 0 Å². The summed E-state index contributed by atoms with van der Waals surface area (Å²) in [6, 6.07) is 7.45. The minimum absolute atomic E-state index is 0.00593. The first kappa shape index (κ1) is 23.6. The molecule has 1 unspecified atom stereocenters. The third kappa shape index (κ3) is 4.36. The van der Waals surface area contributed by atoms with Gasteiger partial charge in [-0.15, -0.1) is 0 Å². The van der Waals surface area contributed by atoms with Crippen molar-refractivity contribution in [3.8, 4) is 0 Å². The molecule has 1 saturated carbocycles. The van der Waals surface area contributed by atoms with Gasteiger partial charge in [0, 0.05) is 51.6 Å². The fourth-order valence-electron chi connectivity index (χ4n) is 6.08. The van der Waals surface area contributed by atoms with Crippen LogP contribution >= 0.6 is 0 Å². The maximum absolute atomic E-state index is 13.4. The van der Waals surface area contributed by atoms with Crippen LogP contribution in [0.1, 0.15) is 68.6 Å². The Labute approximate surface area is 206 Å². The number of carbonyl (C=O) groups excluding carboxylic acids is 4. The molecule has 4 aliphatic rings. The number of anilines is 1. The Morgan fingerprint density at radius 3 is 2.43 bits per heavy atom. The second-order valence-corrected chi connectivity index (χ2v) is 10.3. The third-order valence-corrected chi connectivity index (χ3v) is 8.15. The van der Waals surface area contributed by atoms with Crippen molar-refractivity contribution in [3.63, 3.8) is 0 Å². The summed E-state index contributed by atoms with van der Waals surface area (Å²) < 4.78 is 0. The number of carbonyl (C=O) groups is 4. The number of piperazine rings is 1. The monoisotopic (exact) mass is 481 g/mol. The standard InChI is InChI=1S/C26H35N5O4/c1-26-13-11-23(33)31(26)21-10-6-5-9-20(21)24(34)30(26)14-12-22(32)28-15-17-29(18-16-28)25(35)27-19-7-3-2-4-8-19/h5-6,9-10,19H,2-4,7-8,11-18H2,1H3,(H,27,35). The van der Waals surface area contributed by atoms with E-state index in [-0.39, 0.29) is 42.8 Å². The molecule has 0 spiro atoms. The molecule has 1 atom stereocenters. The molecule has 5 rings (SSSR count).